The van der Waals surface area contributed by atoms with Gasteiger partial charge in [0, 0.05) is 158 Å². The van der Waals surface area contributed by atoms with Gasteiger partial charge in [-0.2, -0.15) is 4.37 Å². The van der Waals surface area contributed by atoms with Crippen LogP contribution in [0.2, 0.25) is 10.2 Å². The van der Waals surface area contributed by atoms with Gasteiger partial charge in [-0.1, -0.05) is 46.7 Å². The third kappa shape index (κ3) is 18.0. The lowest BCUT2D eigenvalue weighted by molar-refractivity contribution is -0.136. The summed E-state index contributed by atoms with van der Waals surface area (Å²) in [5, 5.41) is 16.8. The molecule has 4 atom stereocenters. The lowest BCUT2D eigenvalue weighted by Crippen LogP contribution is -2.55. The van der Waals surface area contributed by atoms with Crippen LogP contribution in [0.1, 0.15) is 67.7 Å². The molecule has 5 aliphatic heterocycles. The Morgan fingerprint density at radius 1 is 0.545 bits per heavy atom. The summed E-state index contributed by atoms with van der Waals surface area (Å²) >= 11 is 14.0. The van der Waals surface area contributed by atoms with Gasteiger partial charge in [-0.3, -0.25) is 28.5 Å². The van der Waals surface area contributed by atoms with E-state index in [1.165, 1.54) is 41.7 Å². The smallest absolute Gasteiger partial charge is 0.263 e. The molecule has 0 bridgehead atoms. The van der Waals surface area contributed by atoms with Crippen molar-refractivity contribution in [2.45, 2.75) is 92.2 Å². The summed E-state index contributed by atoms with van der Waals surface area (Å²) in [6.07, 6.45) is 6.73. The lowest BCUT2D eigenvalue weighted by Gasteiger charge is -2.42. The van der Waals surface area contributed by atoms with Crippen LogP contribution in [0.5, 0.6) is 0 Å². The molecule has 3 saturated heterocycles. The number of rotatable bonds is 18. The molecule has 27 nitrogen and oxygen atoms in total. The quantitative estimate of drug-likeness (QED) is 0.0719. The van der Waals surface area contributed by atoms with Crippen LogP contribution in [0.4, 0.5) is 53.3 Å². The molecule has 0 saturated carbocycles. The third-order valence-corrected chi connectivity index (χ3v) is 26.1. The standard InChI is InChI=1S/C26H28Cl2N6O3S.C24H25FN6O3S2.C24H27FN6O3S2.7H2/c1-18(34-12-2-3-19-17-20(27)4-9-23(19)34)26(35)33-15-13-32(14-16-33)21-5-7-22(8-6-21)38(36,37)31-25-11-10-24(28)29-30-25;1-16-14-29(19-6-8-20(9-7-19)36(33,34)28-24-27-26-15-35-24)12-13-30(16)23(32)17(2)31-11-10-18-4-3-5-21(25)22(18)31;1-17(31-10-2-3-18-15-19(25)4-9-22(18)31)23(32)30-13-11-29(12-14-30)20-5-7-21(8-6-20)36(33,34)28-24-26-16-27-35-24;;;;;;;/h4-11,17-18H,2-3,12-16H2,1H3,(H,30,31);3-11,15-17H,12-14H2,1-2H3,(H,27,28);4-9,15-17H,2-3,10-14H2,1H3,(H,26,27,28);7*1H/t18-;16-,17+;17-;;;;;;;/m011......./s1. The summed E-state index contributed by atoms with van der Waals surface area (Å²) in [5.41, 5.74) is 8.73. The Morgan fingerprint density at radius 2 is 1.07 bits per heavy atom. The third-order valence-electron chi connectivity index (χ3n) is 20.2. The van der Waals surface area contributed by atoms with E-state index < -0.39 is 36.1 Å². The van der Waals surface area contributed by atoms with Crippen molar-refractivity contribution in [2.24, 2.45) is 0 Å². The highest BCUT2D eigenvalue weighted by Gasteiger charge is 2.36. The number of hydrogen-bond acceptors (Lipinski definition) is 22. The van der Waals surface area contributed by atoms with Gasteiger partial charge in [0.1, 0.15) is 41.6 Å². The van der Waals surface area contributed by atoms with Crippen molar-refractivity contribution in [3.63, 3.8) is 0 Å². The number of carbonyl (C=O) groups excluding carboxylic acids is 3. The molecule has 4 aromatic heterocycles. The van der Waals surface area contributed by atoms with Gasteiger partial charge in [-0.05, 0) is 198 Å². The minimum atomic E-state index is -3.82. The zero-order valence-electron chi connectivity index (χ0n) is 60.4. The molecule has 15 rings (SSSR count). The Hall–Kier alpha value is -9.84. The number of hydrogen-bond donors (Lipinski definition) is 3. The van der Waals surface area contributed by atoms with Crippen molar-refractivity contribution < 1.29 is 58.4 Å². The molecule has 36 heteroatoms. The van der Waals surface area contributed by atoms with Crippen LogP contribution in [-0.2, 0) is 57.3 Å². The van der Waals surface area contributed by atoms with Gasteiger partial charge >= 0.3 is 0 Å². The second kappa shape index (κ2) is 33.8. The molecule has 0 radical (unpaired) electrons. The van der Waals surface area contributed by atoms with Gasteiger partial charge in [0.15, 0.2) is 11.0 Å². The van der Waals surface area contributed by atoms with Crippen molar-refractivity contribution >= 4 is 149 Å². The van der Waals surface area contributed by atoms with Gasteiger partial charge in [0.25, 0.3) is 30.1 Å². The van der Waals surface area contributed by atoms with Crippen LogP contribution < -0.4 is 38.7 Å². The molecule has 0 unspecified atom stereocenters. The summed E-state index contributed by atoms with van der Waals surface area (Å²) in [5.74, 6) is -0.387. The van der Waals surface area contributed by atoms with E-state index in [1.807, 2.05) is 65.8 Å². The lowest BCUT2D eigenvalue weighted by atomic mass is 9.99. The first-order valence-corrected chi connectivity index (χ1v) is 42.5. The molecule has 9 heterocycles. The van der Waals surface area contributed by atoms with E-state index in [1.54, 1.807) is 109 Å². The molecular formula is C74H94Cl2F2N18O9S5. The average molecular weight is 1650 g/mol. The van der Waals surface area contributed by atoms with Crippen molar-refractivity contribution in [1.29, 1.82) is 0 Å². The Balaban J connectivity index is 0.000000265. The summed E-state index contributed by atoms with van der Waals surface area (Å²) in [7, 11) is -11.3. The molecule has 6 aromatic carbocycles. The fourth-order valence-corrected chi connectivity index (χ4v) is 19.0. The first-order chi connectivity index (χ1) is 52.8. The number of anilines is 8. The number of nitrogens with zero attached hydrogens (tertiary/aromatic N) is 15. The number of nitrogens with one attached hydrogen (secondary N) is 3. The maximum Gasteiger partial charge on any atom is 0.263 e. The number of halogens is 4. The molecule has 3 amide bonds. The Bertz CT molecular complexity index is 5300. The molecule has 3 fully saturated rings. The summed E-state index contributed by atoms with van der Waals surface area (Å²) in [6.45, 7) is 15.9. The first kappa shape index (κ1) is 78.3. The second-order valence-corrected chi connectivity index (χ2v) is 34.5. The monoisotopic (exact) mass is 1650 g/mol. The predicted molar refractivity (Wildman–Crippen MR) is 439 cm³/mol. The van der Waals surface area contributed by atoms with Crippen LogP contribution in [0, 0.1) is 11.6 Å². The van der Waals surface area contributed by atoms with Gasteiger partial charge in [0.2, 0.25) is 28.0 Å². The molecule has 110 heavy (non-hydrogen) atoms. The minimum absolute atomic E-state index is 0. The van der Waals surface area contributed by atoms with Gasteiger partial charge in [0.05, 0.1) is 20.2 Å². The van der Waals surface area contributed by atoms with Crippen LogP contribution in [0.3, 0.4) is 0 Å². The number of piperazine rings is 3. The van der Waals surface area contributed by atoms with E-state index in [0.29, 0.717) is 77.5 Å². The first-order valence-electron chi connectivity index (χ1n) is 35.7. The highest BCUT2D eigenvalue weighted by molar-refractivity contribution is 7.93. The average Bonchev–Trinajstić information content (AvgIpc) is 1.54. The number of fused-ring (bicyclic) bond motifs is 3. The van der Waals surface area contributed by atoms with Crippen molar-refractivity contribution in [2.75, 3.05) is 124 Å². The SMILES string of the molecule is C[C@@H](C(=O)N1CCN(c2ccc(S(=O)(=O)Nc3ccc(Cl)nn3)cc2)CC1)N1CCCc2cc(Cl)ccc21.C[C@@H]1CN(c2ccc(S(=O)(=O)Nc3nncs3)cc2)CCN1C(=O)[C@H](C)n1ccc2cccc(F)c21.C[C@H](C(=O)N1CCN(c2ccc(S(=O)(=O)Nc3ncns3)cc2)CC1)N1CCCc2cc(F)ccc21.[HH].[HH].[HH].[HH].[HH].[HH].[HH]. The van der Waals surface area contributed by atoms with E-state index >= 15 is 0 Å². The molecule has 10 aromatic rings. The Labute approximate surface area is 665 Å². The Morgan fingerprint density at radius 3 is 1.59 bits per heavy atom. The van der Waals surface area contributed by atoms with Crippen molar-refractivity contribution in [1.82, 2.24) is 49.0 Å². The minimum Gasteiger partial charge on any atom is -0.368 e. The predicted octanol–water partition coefficient (Wildman–Crippen LogP) is 12.5. The van der Waals surface area contributed by atoms with Crippen LogP contribution >= 0.6 is 46.1 Å². The molecule has 0 spiro atoms. The molecule has 5 aliphatic rings. The number of para-hydroxylation sites is 1. The Kier molecular flexibility index (Phi) is 24.0. The molecule has 0 aliphatic carbocycles. The van der Waals surface area contributed by atoms with Crippen LogP contribution in [0.15, 0.2) is 178 Å². The van der Waals surface area contributed by atoms with Gasteiger partial charge < -0.3 is 43.8 Å². The van der Waals surface area contributed by atoms with Crippen LogP contribution in [0.25, 0.3) is 10.9 Å². The van der Waals surface area contributed by atoms with E-state index in [2.05, 4.69) is 68.4 Å². The number of amides is 3. The molecule has 3 N–H and O–H groups in total. The maximum absolute atomic E-state index is 14.5. The van der Waals surface area contributed by atoms with Gasteiger partial charge in [-0.15, -0.1) is 20.4 Å². The number of sulfonamides is 3. The highest BCUT2D eigenvalue weighted by atomic mass is 35.5. The number of carbonyl (C=O) groups is 3. The normalized spacial score (nSPS) is 17.0. The molecule has 592 valence electrons. The highest BCUT2D eigenvalue weighted by Crippen LogP contribution is 2.35. The number of aromatic nitrogens is 7. The summed E-state index contributed by atoms with van der Waals surface area (Å²) in [6, 6.07) is 39.1. The fourth-order valence-electron chi connectivity index (χ4n) is 14.4. The van der Waals surface area contributed by atoms with Crippen LogP contribution in [-0.4, -0.2) is 195 Å². The molecular weight excluding hydrogens is 1550 g/mol. The zero-order valence-corrected chi connectivity index (χ0v) is 65.9. The van der Waals surface area contributed by atoms with Crippen molar-refractivity contribution in [3.8, 4) is 0 Å². The van der Waals surface area contributed by atoms with E-state index in [9.17, 15) is 48.4 Å². The van der Waals surface area contributed by atoms with E-state index in [-0.39, 0.29) is 93.4 Å². The largest absolute Gasteiger partial charge is 0.368 e. The van der Waals surface area contributed by atoms with E-state index in [4.69, 9.17) is 23.2 Å². The zero-order chi connectivity index (χ0) is 77.6. The number of aryl methyl sites for hydroxylation is 2. The topological polar surface area (TPSA) is 298 Å². The number of benzene rings is 6. The van der Waals surface area contributed by atoms with Gasteiger partial charge in [-0.25, -0.2) is 39.0 Å². The van der Waals surface area contributed by atoms with Crippen molar-refractivity contribution in [3.05, 3.63) is 197 Å². The summed E-state index contributed by atoms with van der Waals surface area (Å²) in [4.78, 5) is 60.6. The second-order valence-electron chi connectivity index (χ2n) is 27.0. The fraction of sp³-hybridized carbons (Fsp3) is 0.338. The maximum atomic E-state index is 14.5. The summed E-state index contributed by atoms with van der Waals surface area (Å²) < 4.78 is 116. The van der Waals surface area contributed by atoms with E-state index in [0.717, 1.165) is 106 Å².